The van der Waals surface area contributed by atoms with Crippen LogP contribution >= 0.6 is 0 Å². The quantitative estimate of drug-likeness (QED) is 0.536. The first-order valence-electron chi connectivity index (χ1n) is 12.0. The molecule has 2 aromatic carbocycles. The van der Waals surface area contributed by atoms with Gasteiger partial charge in [0, 0.05) is 37.9 Å². The van der Waals surface area contributed by atoms with E-state index in [0.717, 1.165) is 12.8 Å². The third-order valence-electron chi connectivity index (χ3n) is 6.96. The molecule has 7 nitrogen and oxygen atoms in total. The second-order valence-electron chi connectivity index (χ2n) is 9.29. The Morgan fingerprint density at radius 1 is 1.00 bits per heavy atom. The number of benzene rings is 2. The van der Waals surface area contributed by atoms with Crippen LogP contribution in [0.3, 0.4) is 0 Å². The van der Waals surface area contributed by atoms with Crippen LogP contribution in [0.15, 0.2) is 48.5 Å². The molecule has 2 amide bonds. The highest BCUT2D eigenvalue weighted by atomic mass is 16.5. The van der Waals surface area contributed by atoms with Crippen molar-refractivity contribution in [3.8, 4) is 11.1 Å². The highest BCUT2D eigenvalue weighted by molar-refractivity contribution is 5.80. The van der Waals surface area contributed by atoms with Gasteiger partial charge in [-0.05, 0) is 54.4 Å². The van der Waals surface area contributed by atoms with E-state index < -0.39 is 12.1 Å². The lowest BCUT2D eigenvalue weighted by Gasteiger charge is -2.21. The number of hydrogen-bond donors (Lipinski definition) is 2. The first-order valence-corrected chi connectivity index (χ1v) is 12.0. The van der Waals surface area contributed by atoms with Crippen molar-refractivity contribution in [3.05, 3.63) is 59.7 Å². The number of hydrogen-bond acceptors (Lipinski definition) is 4. The second-order valence-corrected chi connectivity index (χ2v) is 9.29. The Labute approximate surface area is 200 Å². The number of rotatable bonds is 9. The number of carboxylic acid groups (broad SMARTS) is 1. The van der Waals surface area contributed by atoms with Crippen LogP contribution in [0, 0.1) is 5.92 Å². The lowest BCUT2D eigenvalue weighted by Crippen LogP contribution is -2.36. The zero-order chi connectivity index (χ0) is 24.1. The molecule has 34 heavy (non-hydrogen) atoms. The molecule has 7 heteroatoms. The molecule has 0 unspecified atom stereocenters. The number of carboxylic acids is 1. The van der Waals surface area contributed by atoms with Crippen LogP contribution in [0.5, 0.6) is 0 Å². The second kappa shape index (κ2) is 10.7. The number of nitrogens with one attached hydrogen (secondary N) is 1. The smallest absolute Gasteiger partial charge is 0.407 e. The average molecular weight is 465 g/mol. The minimum absolute atomic E-state index is 0.0193. The van der Waals surface area contributed by atoms with E-state index in [1.165, 1.54) is 22.3 Å². The van der Waals surface area contributed by atoms with Crippen LogP contribution in [0.1, 0.15) is 55.6 Å². The predicted molar refractivity (Wildman–Crippen MR) is 128 cm³/mol. The van der Waals surface area contributed by atoms with Crippen molar-refractivity contribution in [1.29, 1.82) is 0 Å². The van der Waals surface area contributed by atoms with Crippen LogP contribution in [-0.4, -0.2) is 54.2 Å². The molecule has 0 spiro atoms. The van der Waals surface area contributed by atoms with Gasteiger partial charge in [0.25, 0.3) is 0 Å². The van der Waals surface area contributed by atoms with Crippen molar-refractivity contribution in [2.75, 3.05) is 20.2 Å². The normalized spacial score (nSPS) is 18.7. The maximum absolute atomic E-state index is 12.7. The van der Waals surface area contributed by atoms with E-state index in [0.29, 0.717) is 25.8 Å². The SMILES string of the molecule is CN(CCCCC(=O)O)C(=O)[C@@H]1CC[C@H](NC(=O)OCC2c3ccccc3-c3ccccc32)C1. The number of amides is 2. The minimum Gasteiger partial charge on any atom is -0.481 e. The topological polar surface area (TPSA) is 95.9 Å². The summed E-state index contributed by atoms with van der Waals surface area (Å²) in [6.45, 7) is 0.821. The van der Waals surface area contributed by atoms with Gasteiger partial charge in [0.15, 0.2) is 0 Å². The number of fused-ring (bicyclic) bond motifs is 3. The van der Waals surface area contributed by atoms with E-state index in [4.69, 9.17) is 9.84 Å². The van der Waals surface area contributed by atoms with Gasteiger partial charge in [0.05, 0.1) is 0 Å². The highest BCUT2D eigenvalue weighted by Crippen LogP contribution is 2.44. The van der Waals surface area contributed by atoms with Crippen LogP contribution in [-0.2, 0) is 14.3 Å². The third kappa shape index (κ3) is 5.41. The lowest BCUT2D eigenvalue weighted by molar-refractivity contribution is -0.137. The molecular formula is C27H32N2O5. The number of nitrogens with zero attached hydrogens (tertiary/aromatic N) is 1. The summed E-state index contributed by atoms with van der Waals surface area (Å²) in [5.41, 5.74) is 4.73. The van der Waals surface area contributed by atoms with E-state index in [9.17, 15) is 14.4 Å². The molecule has 1 saturated carbocycles. The summed E-state index contributed by atoms with van der Waals surface area (Å²) in [7, 11) is 1.76. The molecule has 0 aromatic heterocycles. The van der Waals surface area contributed by atoms with Gasteiger partial charge in [0.1, 0.15) is 6.61 Å². The van der Waals surface area contributed by atoms with Crippen LogP contribution < -0.4 is 5.32 Å². The Hall–Kier alpha value is -3.35. The predicted octanol–water partition coefficient (Wildman–Crippen LogP) is 4.41. The van der Waals surface area contributed by atoms with E-state index in [-0.39, 0.29) is 36.8 Å². The maximum atomic E-state index is 12.7. The molecule has 1 fully saturated rings. The van der Waals surface area contributed by atoms with Crippen molar-refractivity contribution >= 4 is 18.0 Å². The summed E-state index contributed by atoms with van der Waals surface area (Å²) in [5, 5.41) is 11.7. The molecule has 2 aliphatic rings. The Kier molecular flexibility index (Phi) is 7.50. The first-order chi connectivity index (χ1) is 16.4. The molecule has 2 aromatic rings. The van der Waals surface area contributed by atoms with Gasteiger partial charge in [-0.1, -0.05) is 48.5 Å². The number of aliphatic carboxylic acids is 1. The van der Waals surface area contributed by atoms with Gasteiger partial charge in [-0.25, -0.2) is 4.79 Å². The molecule has 0 aliphatic heterocycles. The monoisotopic (exact) mass is 464 g/mol. The number of ether oxygens (including phenoxy) is 1. The molecule has 2 atom stereocenters. The van der Waals surface area contributed by atoms with Crippen molar-refractivity contribution in [2.24, 2.45) is 5.92 Å². The van der Waals surface area contributed by atoms with Gasteiger partial charge in [0.2, 0.25) is 5.91 Å². The number of carbonyl (C=O) groups is 3. The maximum Gasteiger partial charge on any atom is 0.407 e. The molecular weight excluding hydrogens is 432 g/mol. The lowest BCUT2D eigenvalue weighted by atomic mass is 9.98. The summed E-state index contributed by atoms with van der Waals surface area (Å²) in [6, 6.07) is 16.4. The van der Waals surface area contributed by atoms with Crippen LogP contribution in [0.4, 0.5) is 4.79 Å². The molecule has 0 bridgehead atoms. The summed E-state index contributed by atoms with van der Waals surface area (Å²) in [5.74, 6) is -0.853. The summed E-state index contributed by atoms with van der Waals surface area (Å²) in [6.07, 6.45) is 2.98. The summed E-state index contributed by atoms with van der Waals surface area (Å²) >= 11 is 0. The molecule has 180 valence electrons. The van der Waals surface area contributed by atoms with Crippen LogP contribution in [0.2, 0.25) is 0 Å². The van der Waals surface area contributed by atoms with Crippen molar-refractivity contribution in [2.45, 2.75) is 50.5 Å². The van der Waals surface area contributed by atoms with E-state index in [1.807, 2.05) is 24.3 Å². The number of alkyl carbamates (subject to hydrolysis) is 1. The first kappa shape index (κ1) is 23.8. The third-order valence-corrected chi connectivity index (χ3v) is 6.96. The van der Waals surface area contributed by atoms with E-state index in [1.54, 1.807) is 11.9 Å². The van der Waals surface area contributed by atoms with Gasteiger partial charge < -0.3 is 20.1 Å². The fourth-order valence-corrected chi connectivity index (χ4v) is 5.19. The van der Waals surface area contributed by atoms with Gasteiger partial charge in [-0.2, -0.15) is 0 Å². The average Bonchev–Trinajstić information content (AvgIpc) is 3.42. The molecule has 2 N–H and O–H groups in total. The minimum atomic E-state index is -0.813. The van der Waals surface area contributed by atoms with Crippen LogP contribution in [0.25, 0.3) is 11.1 Å². The van der Waals surface area contributed by atoms with E-state index >= 15 is 0 Å². The van der Waals surface area contributed by atoms with Crippen molar-refractivity contribution < 1.29 is 24.2 Å². The molecule has 0 saturated heterocycles. The zero-order valence-electron chi connectivity index (χ0n) is 19.5. The van der Waals surface area contributed by atoms with E-state index in [2.05, 4.69) is 29.6 Å². The van der Waals surface area contributed by atoms with Gasteiger partial charge >= 0.3 is 12.1 Å². The van der Waals surface area contributed by atoms with Gasteiger partial charge in [-0.3, -0.25) is 9.59 Å². The highest BCUT2D eigenvalue weighted by Gasteiger charge is 2.33. The Morgan fingerprint density at radius 3 is 2.29 bits per heavy atom. The zero-order valence-corrected chi connectivity index (χ0v) is 19.5. The van der Waals surface area contributed by atoms with Crippen molar-refractivity contribution in [1.82, 2.24) is 10.2 Å². The molecule has 4 rings (SSSR count). The summed E-state index contributed by atoms with van der Waals surface area (Å²) < 4.78 is 5.64. The molecule has 0 radical (unpaired) electrons. The Balaban J connectivity index is 1.24. The Bertz CT molecular complexity index is 1010. The molecule has 0 heterocycles. The number of unbranched alkanes of at least 4 members (excludes halogenated alkanes) is 1. The summed E-state index contributed by atoms with van der Waals surface area (Å²) in [4.78, 5) is 37.5. The van der Waals surface area contributed by atoms with Gasteiger partial charge in [-0.15, -0.1) is 0 Å². The number of carbonyl (C=O) groups excluding carboxylic acids is 2. The largest absolute Gasteiger partial charge is 0.481 e. The molecule has 2 aliphatic carbocycles. The Morgan fingerprint density at radius 2 is 1.65 bits per heavy atom. The fraction of sp³-hybridized carbons (Fsp3) is 0.444. The fourth-order valence-electron chi connectivity index (χ4n) is 5.19. The standard InChI is InChI=1S/C27H32N2O5/c1-29(15-7-6-12-25(30)31)26(32)18-13-14-19(16-18)28-27(33)34-17-24-22-10-4-2-8-20(22)21-9-3-5-11-23(21)24/h2-5,8-11,18-19,24H,6-7,12-17H2,1H3,(H,28,33)(H,30,31)/t18-,19+/m1/s1. The van der Waals surface area contributed by atoms with Crippen molar-refractivity contribution in [3.63, 3.8) is 0 Å².